The van der Waals surface area contributed by atoms with Crippen LogP contribution in [0.3, 0.4) is 0 Å². The molecule has 0 aliphatic rings. The number of aryl methyl sites for hydroxylation is 2. The lowest BCUT2D eigenvalue weighted by molar-refractivity contribution is -0.118. The fourth-order valence-electron chi connectivity index (χ4n) is 5.13. The molecule has 5 aromatic rings. The van der Waals surface area contributed by atoms with E-state index < -0.39 is 0 Å². The van der Waals surface area contributed by atoms with Gasteiger partial charge in [0.1, 0.15) is 5.75 Å². The van der Waals surface area contributed by atoms with Crippen molar-refractivity contribution in [2.45, 2.75) is 40.5 Å². The van der Waals surface area contributed by atoms with Crippen LogP contribution in [0.5, 0.6) is 17.2 Å². The Labute approximate surface area is 268 Å². The average Bonchev–Trinajstić information content (AvgIpc) is 3.04. The van der Waals surface area contributed by atoms with Crippen molar-refractivity contribution in [2.75, 3.05) is 25.6 Å². The molecular weight excluding hydrogens is 580 g/mol. The van der Waals surface area contributed by atoms with Crippen LogP contribution in [0.2, 0.25) is 0 Å². The third-order valence-corrected chi connectivity index (χ3v) is 7.56. The maximum Gasteiger partial charge on any atom is 0.282 e. The molecule has 0 aliphatic carbocycles. The first kappa shape index (κ1) is 32.0. The van der Waals surface area contributed by atoms with E-state index in [1.54, 1.807) is 30.5 Å². The molecule has 1 amide bonds. The number of carbonyl (C=O) groups excluding carboxylic acids is 1. The molecule has 0 spiro atoms. The molecule has 4 aromatic carbocycles. The van der Waals surface area contributed by atoms with Gasteiger partial charge in [0.15, 0.2) is 23.9 Å². The van der Waals surface area contributed by atoms with Gasteiger partial charge in [0.05, 0.1) is 30.8 Å². The van der Waals surface area contributed by atoms with Gasteiger partial charge < -0.3 is 19.5 Å². The van der Waals surface area contributed by atoms with Gasteiger partial charge in [-0.25, -0.2) is 4.98 Å². The summed E-state index contributed by atoms with van der Waals surface area (Å²) in [4.78, 5) is 31.3. The first-order valence-corrected chi connectivity index (χ1v) is 15.2. The van der Waals surface area contributed by atoms with E-state index in [4.69, 9.17) is 19.2 Å². The molecule has 0 radical (unpaired) electrons. The molecule has 0 bridgehead atoms. The van der Waals surface area contributed by atoms with Crippen molar-refractivity contribution >= 4 is 28.7 Å². The Kier molecular flexibility index (Phi) is 9.81. The number of hydrogen-bond donors (Lipinski definition) is 1. The van der Waals surface area contributed by atoms with Crippen molar-refractivity contribution < 1.29 is 19.0 Å². The summed E-state index contributed by atoms with van der Waals surface area (Å²) in [6, 6.07) is 24.0. The molecule has 0 unspecified atom stereocenters. The van der Waals surface area contributed by atoms with Crippen LogP contribution in [-0.4, -0.2) is 42.1 Å². The van der Waals surface area contributed by atoms with Crippen molar-refractivity contribution in [3.63, 3.8) is 0 Å². The van der Waals surface area contributed by atoms with Crippen molar-refractivity contribution in [1.29, 1.82) is 0 Å². The predicted molar refractivity (Wildman–Crippen MR) is 183 cm³/mol. The molecule has 9 heteroatoms. The van der Waals surface area contributed by atoms with Gasteiger partial charge in [0, 0.05) is 11.3 Å². The summed E-state index contributed by atoms with van der Waals surface area (Å²) in [6.45, 7) is 10.4. The van der Waals surface area contributed by atoms with Gasteiger partial charge in [0.25, 0.3) is 11.5 Å². The summed E-state index contributed by atoms with van der Waals surface area (Å²) in [5, 5.41) is 7.95. The Morgan fingerprint density at radius 3 is 2.43 bits per heavy atom. The maximum absolute atomic E-state index is 13.8. The Morgan fingerprint density at radius 2 is 1.70 bits per heavy atom. The SMILES string of the molecule is CCOc1cc(C)c(-c2nc3ccccc3c(=O)n2N=Cc2ccc(OCC(=O)Nc3ccccc3C)c(OC)c2)cc1C(C)C. The van der Waals surface area contributed by atoms with Gasteiger partial charge in [-0.2, -0.15) is 9.78 Å². The number of rotatable bonds is 11. The number of ether oxygens (including phenoxy) is 3. The largest absolute Gasteiger partial charge is 0.494 e. The predicted octanol–water partition coefficient (Wildman–Crippen LogP) is 7.11. The van der Waals surface area contributed by atoms with E-state index >= 15 is 0 Å². The van der Waals surface area contributed by atoms with E-state index in [0.717, 1.165) is 33.7 Å². The summed E-state index contributed by atoms with van der Waals surface area (Å²) < 4.78 is 18.6. The highest BCUT2D eigenvalue weighted by Gasteiger charge is 2.19. The number of anilines is 1. The summed E-state index contributed by atoms with van der Waals surface area (Å²) in [7, 11) is 1.52. The molecule has 1 heterocycles. The zero-order chi connectivity index (χ0) is 32.8. The second-order valence-electron chi connectivity index (χ2n) is 11.2. The molecule has 1 aromatic heterocycles. The monoisotopic (exact) mass is 618 g/mol. The standard InChI is InChI=1S/C37H38N4O5/c1-7-45-33-18-25(5)29(20-28(33)23(2)3)36-40-31-15-11-9-13-27(31)37(43)41(36)38-21-26-16-17-32(34(19-26)44-6)46-22-35(42)39-30-14-10-8-12-24(30)4/h8-21,23H,7,22H2,1-6H3,(H,39,42). The topological polar surface area (TPSA) is 104 Å². The van der Waals surface area contributed by atoms with Gasteiger partial charge in [0.2, 0.25) is 0 Å². The summed E-state index contributed by atoms with van der Waals surface area (Å²) in [5.41, 5.74) is 5.36. The number of nitrogens with zero attached hydrogens (tertiary/aromatic N) is 3. The van der Waals surface area contributed by atoms with Crippen LogP contribution in [0, 0.1) is 13.8 Å². The first-order valence-electron chi connectivity index (χ1n) is 15.2. The molecule has 0 saturated heterocycles. The summed E-state index contributed by atoms with van der Waals surface area (Å²) >= 11 is 0. The molecule has 236 valence electrons. The van der Waals surface area contributed by atoms with Gasteiger partial charge in [-0.15, -0.1) is 0 Å². The number of nitrogens with one attached hydrogen (secondary N) is 1. The number of carbonyl (C=O) groups is 1. The van der Waals surface area contributed by atoms with E-state index in [-0.39, 0.29) is 24.0 Å². The first-order chi connectivity index (χ1) is 22.2. The minimum atomic E-state index is -0.289. The number of fused-ring (bicyclic) bond motifs is 1. The quantitative estimate of drug-likeness (QED) is 0.158. The third kappa shape index (κ3) is 6.94. The number of amides is 1. The van der Waals surface area contributed by atoms with Crippen LogP contribution < -0.4 is 25.1 Å². The minimum absolute atomic E-state index is 0.187. The van der Waals surface area contributed by atoms with Crippen LogP contribution in [0.4, 0.5) is 5.69 Å². The highest BCUT2D eigenvalue weighted by molar-refractivity contribution is 5.92. The third-order valence-electron chi connectivity index (χ3n) is 7.56. The molecule has 1 N–H and O–H groups in total. The van der Waals surface area contributed by atoms with Crippen LogP contribution in [-0.2, 0) is 4.79 Å². The molecular formula is C37H38N4O5. The summed E-state index contributed by atoms with van der Waals surface area (Å²) in [6.07, 6.45) is 1.58. The lowest BCUT2D eigenvalue weighted by Gasteiger charge is -2.18. The lowest BCUT2D eigenvalue weighted by atomic mass is 9.96. The smallest absolute Gasteiger partial charge is 0.282 e. The second kappa shape index (κ2) is 14.1. The molecule has 0 atom stereocenters. The fraction of sp³-hybridized carbons (Fsp3) is 0.243. The van der Waals surface area contributed by atoms with E-state index in [1.807, 2.05) is 75.4 Å². The Balaban J connectivity index is 1.48. The van der Waals surface area contributed by atoms with Crippen molar-refractivity contribution in [2.24, 2.45) is 5.10 Å². The van der Waals surface area contributed by atoms with Crippen LogP contribution in [0.25, 0.3) is 22.3 Å². The van der Waals surface area contributed by atoms with Crippen molar-refractivity contribution in [3.8, 4) is 28.6 Å². The van der Waals surface area contributed by atoms with Gasteiger partial charge in [-0.1, -0.05) is 44.2 Å². The number of hydrogen-bond acceptors (Lipinski definition) is 7. The molecule has 9 nitrogen and oxygen atoms in total. The van der Waals surface area contributed by atoms with E-state index in [9.17, 15) is 9.59 Å². The lowest BCUT2D eigenvalue weighted by Crippen LogP contribution is -2.21. The molecule has 0 aliphatic heterocycles. The highest BCUT2D eigenvalue weighted by Crippen LogP contribution is 2.34. The Morgan fingerprint density at radius 1 is 0.935 bits per heavy atom. The zero-order valence-corrected chi connectivity index (χ0v) is 27.0. The average molecular weight is 619 g/mol. The normalized spacial score (nSPS) is 11.3. The van der Waals surface area contributed by atoms with Crippen LogP contribution in [0.15, 0.2) is 88.8 Å². The number of aromatic nitrogens is 2. The number of benzene rings is 4. The van der Waals surface area contributed by atoms with E-state index in [0.29, 0.717) is 40.4 Å². The summed E-state index contributed by atoms with van der Waals surface area (Å²) in [5.74, 6) is 1.96. The van der Waals surface area contributed by atoms with Gasteiger partial charge in [-0.05, 0) is 97.5 Å². The van der Waals surface area contributed by atoms with Crippen molar-refractivity contribution in [3.05, 3.63) is 111 Å². The van der Waals surface area contributed by atoms with Crippen molar-refractivity contribution in [1.82, 2.24) is 9.66 Å². The molecule has 0 fully saturated rings. The van der Waals surface area contributed by atoms with Gasteiger partial charge >= 0.3 is 0 Å². The molecule has 5 rings (SSSR count). The van der Waals surface area contributed by atoms with Gasteiger partial charge in [-0.3, -0.25) is 9.59 Å². The molecule has 0 saturated carbocycles. The molecule has 46 heavy (non-hydrogen) atoms. The van der Waals surface area contributed by atoms with Crippen LogP contribution in [0.1, 0.15) is 48.9 Å². The second-order valence-corrected chi connectivity index (χ2v) is 11.2. The fourth-order valence-corrected chi connectivity index (χ4v) is 5.13. The van der Waals surface area contributed by atoms with E-state index in [2.05, 4.69) is 24.3 Å². The Hall–Kier alpha value is -5.44. The zero-order valence-electron chi connectivity index (χ0n) is 27.0. The Bertz CT molecular complexity index is 1980. The maximum atomic E-state index is 13.8. The minimum Gasteiger partial charge on any atom is -0.494 e. The number of para-hydroxylation sites is 2. The highest BCUT2D eigenvalue weighted by atomic mass is 16.5. The number of methoxy groups -OCH3 is 1. The van der Waals surface area contributed by atoms with E-state index in [1.165, 1.54) is 11.8 Å². The van der Waals surface area contributed by atoms with Crippen LogP contribution >= 0.6 is 0 Å².